The van der Waals surface area contributed by atoms with Gasteiger partial charge in [0.15, 0.2) is 11.5 Å². The van der Waals surface area contributed by atoms with Gasteiger partial charge >= 0.3 is 0 Å². The number of piperidine rings is 1. The first-order valence-corrected chi connectivity index (χ1v) is 11.6. The largest absolute Gasteiger partial charge is 0.343 e. The third kappa shape index (κ3) is 4.11. The second-order valence-corrected chi connectivity index (χ2v) is 8.82. The molecule has 0 saturated carbocycles. The highest BCUT2D eigenvalue weighted by Gasteiger charge is 2.37. The molecule has 2 aromatic heterocycles. The predicted molar refractivity (Wildman–Crippen MR) is 121 cm³/mol. The van der Waals surface area contributed by atoms with E-state index in [1.54, 1.807) is 0 Å². The van der Waals surface area contributed by atoms with Crippen LogP contribution in [0.15, 0.2) is 54.7 Å². The molecule has 0 aliphatic carbocycles. The SMILES string of the molecule is O=C(CCc1ccccc1)N1CCC(C(=O)N2CCCC2c2nnc3ccccn23)CC1. The van der Waals surface area contributed by atoms with Crippen molar-refractivity contribution in [1.82, 2.24) is 24.4 Å². The van der Waals surface area contributed by atoms with Crippen molar-refractivity contribution >= 4 is 17.5 Å². The predicted octanol–water partition coefficient (Wildman–Crippen LogP) is 3.26. The molecule has 5 rings (SSSR count). The average molecular weight is 432 g/mol. The van der Waals surface area contributed by atoms with Crippen LogP contribution < -0.4 is 0 Å². The summed E-state index contributed by atoms with van der Waals surface area (Å²) < 4.78 is 1.99. The van der Waals surface area contributed by atoms with E-state index in [4.69, 9.17) is 0 Å². The number of carbonyl (C=O) groups excluding carboxylic acids is 2. The molecule has 1 unspecified atom stereocenters. The Kier molecular flexibility index (Phi) is 5.88. The molecule has 2 aliphatic rings. The maximum atomic E-state index is 13.4. The molecule has 0 spiro atoms. The molecule has 2 fully saturated rings. The van der Waals surface area contributed by atoms with Gasteiger partial charge in [0.2, 0.25) is 11.8 Å². The smallest absolute Gasteiger partial charge is 0.226 e. The number of hydrogen-bond acceptors (Lipinski definition) is 4. The standard InChI is InChI=1S/C25H29N5O2/c31-23(12-11-19-7-2-1-3-8-19)28-17-13-20(14-18-28)25(32)29-16-6-9-21(29)24-27-26-22-10-4-5-15-30(22)24/h1-5,7-8,10,15,20-21H,6,9,11-14,16-18H2. The van der Waals surface area contributed by atoms with E-state index in [1.807, 2.05) is 56.8 Å². The molecule has 1 aromatic carbocycles. The van der Waals surface area contributed by atoms with Crippen LogP contribution in [-0.2, 0) is 16.0 Å². The molecule has 2 saturated heterocycles. The van der Waals surface area contributed by atoms with Gasteiger partial charge in [-0.05, 0) is 49.8 Å². The summed E-state index contributed by atoms with van der Waals surface area (Å²) in [5.41, 5.74) is 2.00. The Bertz CT molecular complexity index is 1090. The molecule has 2 amide bonds. The minimum Gasteiger partial charge on any atom is -0.343 e. The first-order chi connectivity index (χ1) is 15.7. The maximum absolute atomic E-state index is 13.4. The Labute approximate surface area is 188 Å². The van der Waals surface area contributed by atoms with Gasteiger partial charge in [0.25, 0.3) is 0 Å². The molecule has 4 heterocycles. The van der Waals surface area contributed by atoms with Gasteiger partial charge < -0.3 is 9.80 Å². The number of aryl methyl sites for hydroxylation is 1. The van der Waals surface area contributed by atoms with E-state index in [2.05, 4.69) is 22.3 Å². The van der Waals surface area contributed by atoms with Crippen LogP contribution in [0.1, 0.15) is 49.5 Å². The fourth-order valence-corrected chi connectivity index (χ4v) is 5.05. The van der Waals surface area contributed by atoms with Gasteiger partial charge in [-0.15, -0.1) is 10.2 Å². The summed E-state index contributed by atoms with van der Waals surface area (Å²) in [5, 5.41) is 8.67. The third-order valence-corrected chi connectivity index (χ3v) is 6.84. The molecule has 0 radical (unpaired) electrons. The summed E-state index contributed by atoms with van der Waals surface area (Å²) in [6, 6.07) is 15.9. The zero-order valence-corrected chi connectivity index (χ0v) is 18.3. The number of carbonyl (C=O) groups is 2. The van der Waals surface area contributed by atoms with Crippen LogP contribution >= 0.6 is 0 Å². The number of likely N-dealkylation sites (tertiary alicyclic amines) is 2. The molecule has 0 bridgehead atoms. The highest BCUT2D eigenvalue weighted by molar-refractivity contribution is 5.81. The molecule has 2 aliphatic heterocycles. The molecule has 166 valence electrons. The van der Waals surface area contributed by atoms with Gasteiger partial charge in [0, 0.05) is 38.2 Å². The number of aromatic nitrogens is 3. The summed E-state index contributed by atoms with van der Waals surface area (Å²) in [6.07, 6.45) is 6.62. The van der Waals surface area contributed by atoms with Crippen LogP contribution in [0.25, 0.3) is 5.65 Å². The topological polar surface area (TPSA) is 70.8 Å². The Morgan fingerprint density at radius 3 is 2.50 bits per heavy atom. The minimum absolute atomic E-state index is 0.0204. The number of fused-ring (bicyclic) bond motifs is 1. The van der Waals surface area contributed by atoms with Gasteiger partial charge in [-0.3, -0.25) is 14.0 Å². The zero-order chi connectivity index (χ0) is 21.9. The highest BCUT2D eigenvalue weighted by atomic mass is 16.2. The van der Waals surface area contributed by atoms with Crippen LogP contribution in [0.3, 0.4) is 0 Å². The van der Waals surface area contributed by atoms with Crippen LogP contribution in [0.4, 0.5) is 0 Å². The van der Waals surface area contributed by atoms with E-state index in [0.717, 1.165) is 50.1 Å². The summed E-state index contributed by atoms with van der Waals surface area (Å²) in [5.74, 6) is 1.22. The Morgan fingerprint density at radius 2 is 1.69 bits per heavy atom. The molecule has 3 aromatic rings. The quantitative estimate of drug-likeness (QED) is 0.622. The lowest BCUT2D eigenvalue weighted by Crippen LogP contribution is -2.44. The first kappa shape index (κ1) is 20.7. The molecule has 7 nitrogen and oxygen atoms in total. The van der Waals surface area contributed by atoms with Crippen molar-refractivity contribution in [3.63, 3.8) is 0 Å². The number of pyridine rings is 1. The maximum Gasteiger partial charge on any atom is 0.226 e. The van der Waals surface area contributed by atoms with Crippen molar-refractivity contribution in [2.45, 2.75) is 44.6 Å². The Hall–Kier alpha value is -3.22. The first-order valence-electron chi connectivity index (χ1n) is 11.6. The average Bonchev–Trinajstić information content (AvgIpc) is 3.50. The number of benzene rings is 1. The number of rotatable bonds is 5. The monoisotopic (exact) mass is 431 g/mol. The van der Waals surface area contributed by atoms with Gasteiger partial charge in [-0.2, -0.15) is 0 Å². The summed E-state index contributed by atoms with van der Waals surface area (Å²) >= 11 is 0. The zero-order valence-electron chi connectivity index (χ0n) is 18.3. The number of hydrogen-bond donors (Lipinski definition) is 0. The Balaban J connectivity index is 1.18. The van der Waals surface area contributed by atoms with Gasteiger partial charge in [0.05, 0.1) is 6.04 Å². The van der Waals surface area contributed by atoms with Crippen molar-refractivity contribution in [3.05, 3.63) is 66.1 Å². The van der Waals surface area contributed by atoms with E-state index in [0.29, 0.717) is 19.5 Å². The van der Waals surface area contributed by atoms with Gasteiger partial charge in [-0.1, -0.05) is 36.4 Å². The molecule has 7 heteroatoms. The van der Waals surface area contributed by atoms with E-state index in [1.165, 1.54) is 5.56 Å². The van der Waals surface area contributed by atoms with Gasteiger partial charge in [0.1, 0.15) is 0 Å². The number of nitrogens with zero attached hydrogens (tertiary/aromatic N) is 5. The van der Waals surface area contributed by atoms with Gasteiger partial charge in [-0.25, -0.2) is 0 Å². The fourth-order valence-electron chi connectivity index (χ4n) is 5.05. The summed E-state index contributed by atoms with van der Waals surface area (Å²) in [7, 11) is 0. The second-order valence-electron chi connectivity index (χ2n) is 8.82. The van der Waals surface area contributed by atoms with Crippen molar-refractivity contribution in [3.8, 4) is 0 Å². The van der Waals surface area contributed by atoms with E-state index in [-0.39, 0.29) is 23.8 Å². The van der Waals surface area contributed by atoms with Crippen LogP contribution in [-0.4, -0.2) is 55.8 Å². The van der Waals surface area contributed by atoms with Crippen molar-refractivity contribution in [1.29, 1.82) is 0 Å². The lowest BCUT2D eigenvalue weighted by atomic mass is 9.94. The van der Waals surface area contributed by atoms with E-state index < -0.39 is 0 Å². The molecule has 32 heavy (non-hydrogen) atoms. The van der Waals surface area contributed by atoms with Crippen LogP contribution in [0.2, 0.25) is 0 Å². The second kappa shape index (κ2) is 9.10. The lowest BCUT2D eigenvalue weighted by molar-refractivity contribution is -0.141. The van der Waals surface area contributed by atoms with E-state index >= 15 is 0 Å². The molecule has 1 atom stereocenters. The molecular weight excluding hydrogens is 402 g/mol. The van der Waals surface area contributed by atoms with Crippen LogP contribution in [0, 0.1) is 5.92 Å². The lowest BCUT2D eigenvalue weighted by Gasteiger charge is -2.34. The fraction of sp³-hybridized carbons (Fsp3) is 0.440. The van der Waals surface area contributed by atoms with Crippen LogP contribution in [0.5, 0.6) is 0 Å². The highest BCUT2D eigenvalue weighted by Crippen LogP contribution is 2.34. The Morgan fingerprint density at radius 1 is 0.906 bits per heavy atom. The molecular formula is C25H29N5O2. The summed E-state index contributed by atoms with van der Waals surface area (Å²) in [4.78, 5) is 30.0. The van der Waals surface area contributed by atoms with Crippen molar-refractivity contribution in [2.24, 2.45) is 5.92 Å². The molecule has 0 N–H and O–H groups in total. The third-order valence-electron chi connectivity index (χ3n) is 6.84. The minimum atomic E-state index is -0.0227. The summed E-state index contributed by atoms with van der Waals surface area (Å²) in [6.45, 7) is 2.09. The van der Waals surface area contributed by atoms with E-state index in [9.17, 15) is 9.59 Å². The number of amides is 2. The van der Waals surface area contributed by atoms with Crippen molar-refractivity contribution < 1.29 is 9.59 Å². The van der Waals surface area contributed by atoms with Crippen molar-refractivity contribution in [2.75, 3.05) is 19.6 Å². The normalized spacial score (nSPS) is 19.6.